The maximum absolute atomic E-state index is 13.8. The second kappa shape index (κ2) is 10.4. The number of esters is 1. The van der Waals surface area contributed by atoms with E-state index in [2.05, 4.69) is 5.32 Å². The Morgan fingerprint density at radius 2 is 1.66 bits per heavy atom. The number of hydrogen-bond acceptors (Lipinski definition) is 4. The number of rotatable bonds is 8. The van der Waals surface area contributed by atoms with Crippen molar-refractivity contribution in [3.63, 3.8) is 0 Å². The SMILES string of the molecule is CC(C)[C@H](NC(=O)c1ccccc1F)C(=O)OCC(=O)N(C)Cc1ccccc1. The van der Waals surface area contributed by atoms with Gasteiger partial charge in [0, 0.05) is 13.6 Å². The van der Waals surface area contributed by atoms with Crippen LogP contribution in [0.25, 0.3) is 0 Å². The predicted octanol–water partition coefficient (Wildman–Crippen LogP) is 2.78. The lowest BCUT2D eigenvalue weighted by molar-refractivity contribution is -0.154. The first kappa shape index (κ1) is 22.1. The molecule has 2 amide bonds. The van der Waals surface area contributed by atoms with E-state index in [-0.39, 0.29) is 17.4 Å². The zero-order valence-electron chi connectivity index (χ0n) is 16.7. The summed E-state index contributed by atoms with van der Waals surface area (Å²) in [5, 5.41) is 2.49. The van der Waals surface area contributed by atoms with Crippen LogP contribution in [0.5, 0.6) is 0 Å². The molecule has 0 saturated carbocycles. The number of hydrogen-bond donors (Lipinski definition) is 1. The molecule has 0 heterocycles. The van der Waals surface area contributed by atoms with Crippen molar-refractivity contribution in [1.29, 1.82) is 0 Å². The smallest absolute Gasteiger partial charge is 0.329 e. The average Bonchev–Trinajstić information content (AvgIpc) is 2.70. The number of nitrogens with zero attached hydrogens (tertiary/aromatic N) is 1. The van der Waals surface area contributed by atoms with Crippen LogP contribution in [0.2, 0.25) is 0 Å². The molecule has 0 spiro atoms. The summed E-state index contributed by atoms with van der Waals surface area (Å²) in [6, 6.07) is 13.9. The lowest BCUT2D eigenvalue weighted by atomic mass is 10.0. The van der Waals surface area contributed by atoms with E-state index in [9.17, 15) is 18.8 Å². The molecule has 0 aliphatic carbocycles. The third-order valence-electron chi connectivity index (χ3n) is 4.35. The Morgan fingerprint density at radius 3 is 2.28 bits per heavy atom. The summed E-state index contributed by atoms with van der Waals surface area (Å²) in [5.74, 6) is -2.82. The van der Waals surface area contributed by atoms with Crippen LogP contribution in [0.1, 0.15) is 29.8 Å². The van der Waals surface area contributed by atoms with E-state index < -0.39 is 30.3 Å². The van der Waals surface area contributed by atoms with Crippen molar-refractivity contribution in [2.45, 2.75) is 26.4 Å². The fourth-order valence-corrected chi connectivity index (χ4v) is 2.64. The van der Waals surface area contributed by atoms with Gasteiger partial charge in [0.05, 0.1) is 5.56 Å². The molecular weight excluding hydrogens is 375 g/mol. The van der Waals surface area contributed by atoms with Crippen LogP contribution < -0.4 is 5.32 Å². The van der Waals surface area contributed by atoms with Gasteiger partial charge < -0.3 is 15.0 Å². The van der Waals surface area contributed by atoms with Gasteiger partial charge in [0.15, 0.2) is 6.61 Å². The number of benzene rings is 2. The Bertz CT molecular complexity index is 855. The number of nitrogens with one attached hydrogen (secondary N) is 1. The van der Waals surface area contributed by atoms with Gasteiger partial charge in [-0.05, 0) is 23.6 Å². The van der Waals surface area contributed by atoms with Crippen LogP contribution in [-0.2, 0) is 20.9 Å². The van der Waals surface area contributed by atoms with Crippen LogP contribution in [0, 0.1) is 11.7 Å². The third kappa shape index (κ3) is 6.41. The monoisotopic (exact) mass is 400 g/mol. The van der Waals surface area contributed by atoms with Crippen molar-refractivity contribution in [2.75, 3.05) is 13.7 Å². The molecule has 0 saturated heterocycles. The van der Waals surface area contributed by atoms with E-state index in [0.29, 0.717) is 6.54 Å². The van der Waals surface area contributed by atoms with Crippen molar-refractivity contribution < 1.29 is 23.5 Å². The van der Waals surface area contributed by atoms with Crippen molar-refractivity contribution in [1.82, 2.24) is 10.2 Å². The van der Waals surface area contributed by atoms with Crippen LogP contribution in [0.4, 0.5) is 4.39 Å². The maximum Gasteiger partial charge on any atom is 0.329 e. The molecule has 0 aliphatic rings. The van der Waals surface area contributed by atoms with Crippen molar-refractivity contribution in [3.05, 3.63) is 71.5 Å². The molecule has 154 valence electrons. The zero-order chi connectivity index (χ0) is 21.4. The summed E-state index contributed by atoms with van der Waals surface area (Å²) in [7, 11) is 1.61. The van der Waals surface area contributed by atoms with Gasteiger partial charge in [-0.3, -0.25) is 9.59 Å². The second-order valence-corrected chi connectivity index (χ2v) is 7.02. The first-order valence-electron chi connectivity index (χ1n) is 9.29. The lowest BCUT2D eigenvalue weighted by Gasteiger charge is -2.22. The van der Waals surface area contributed by atoms with Gasteiger partial charge in [-0.25, -0.2) is 9.18 Å². The summed E-state index contributed by atoms with van der Waals surface area (Å²) in [4.78, 5) is 38.4. The minimum atomic E-state index is -1.01. The molecule has 0 aromatic heterocycles. The summed E-state index contributed by atoms with van der Waals surface area (Å²) in [5.41, 5.74) is 0.788. The van der Waals surface area contributed by atoms with Gasteiger partial charge in [0.1, 0.15) is 11.9 Å². The maximum atomic E-state index is 13.8. The molecule has 1 N–H and O–H groups in total. The van der Waals surface area contributed by atoms with Crippen molar-refractivity contribution in [3.8, 4) is 0 Å². The number of carbonyl (C=O) groups excluding carboxylic acids is 3. The minimum Gasteiger partial charge on any atom is -0.454 e. The first-order valence-corrected chi connectivity index (χ1v) is 9.29. The highest BCUT2D eigenvalue weighted by Gasteiger charge is 2.28. The van der Waals surface area contributed by atoms with E-state index in [1.165, 1.54) is 29.2 Å². The van der Waals surface area contributed by atoms with Crippen molar-refractivity contribution >= 4 is 17.8 Å². The highest BCUT2D eigenvalue weighted by molar-refractivity contribution is 5.97. The molecule has 6 nitrogen and oxygen atoms in total. The molecule has 2 aromatic carbocycles. The van der Waals surface area contributed by atoms with Gasteiger partial charge >= 0.3 is 5.97 Å². The van der Waals surface area contributed by atoms with Crippen LogP contribution in [0.15, 0.2) is 54.6 Å². The predicted molar refractivity (Wildman–Crippen MR) is 106 cm³/mol. The zero-order valence-corrected chi connectivity index (χ0v) is 16.7. The third-order valence-corrected chi connectivity index (χ3v) is 4.35. The van der Waals surface area contributed by atoms with E-state index in [1.54, 1.807) is 20.9 Å². The number of halogens is 1. The van der Waals surface area contributed by atoms with Crippen LogP contribution in [-0.4, -0.2) is 42.4 Å². The highest BCUT2D eigenvalue weighted by atomic mass is 19.1. The Labute approximate surface area is 169 Å². The quantitative estimate of drug-likeness (QED) is 0.692. The van der Waals surface area contributed by atoms with Gasteiger partial charge in [0.25, 0.3) is 11.8 Å². The second-order valence-electron chi connectivity index (χ2n) is 7.02. The standard InChI is InChI=1S/C22H25FN2O4/c1-15(2)20(24-21(27)17-11-7-8-12-18(17)23)22(28)29-14-19(26)25(3)13-16-9-5-4-6-10-16/h4-12,15,20H,13-14H2,1-3H3,(H,24,27)/t20-/m0/s1. The van der Waals surface area contributed by atoms with Gasteiger partial charge in [-0.2, -0.15) is 0 Å². The molecule has 0 bridgehead atoms. The molecule has 0 fully saturated rings. The topological polar surface area (TPSA) is 75.7 Å². The molecule has 7 heteroatoms. The summed E-state index contributed by atoms with van der Waals surface area (Å²) in [6.45, 7) is 3.38. The van der Waals surface area contributed by atoms with E-state index in [1.807, 2.05) is 30.3 Å². The largest absolute Gasteiger partial charge is 0.454 e. The van der Waals surface area contributed by atoms with E-state index in [0.717, 1.165) is 5.56 Å². The van der Waals surface area contributed by atoms with Crippen molar-refractivity contribution in [2.24, 2.45) is 5.92 Å². The Morgan fingerprint density at radius 1 is 1.03 bits per heavy atom. The summed E-state index contributed by atoms with van der Waals surface area (Å²) >= 11 is 0. The molecule has 1 atom stereocenters. The molecule has 0 radical (unpaired) electrons. The Kier molecular flexibility index (Phi) is 7.88. The lowest BCUT2D eigenvalue weighted by Crippen LogP contribution is -2.46. The Balaban J connectivity index is 1.92. The van der Waals surface area contributed by atoms with Gasteiger partial charge in [-0.1, -0.05) is 56.3 Å². The number of amides is 2. The highest BCUT2D eigenvalue weighted by Crippen LogP contribution is 2.10. The first-order chi connectivity index (χ1) is 13.8. The molecule has 0 aliphatic heterocycles. The van der Waals surface area contributed by atoms with Crippen LogP contribution in [0.3, 0.4) is 0 Å². The van der Waals surface area contributed by atoms with E-state index in [4.69, 9.17) is 4.74 Å². The van der Waals surface area contributed by atoms with E-state index >= 15 is 0 Å². The molecule has 29 heavy (non-hydrogen) atoms. The fraction of sp³-hybridized carbons (Fsp3) is 0.318. The molecule has 2 aromatic rings. The number of carbonyl (C=O) groups is 3. The molecular formula is C22H25FN2O4. The van der Waals surface area contributed by atoms with Gasteiger partial charge in [-0.15, -0.1) is 0 Å². The number of ether oxygens (including phenoxy) is 1. The summed E-state index contributed by atoms with van der Waals surface area (Å²) < 4.78 is 18.9. The fourth-order valence-electron chi connectivity index (χ4n) is 2.64. The van der Waals surface area contributed by atoms with Gasteiger partial charge in [0.2, 0.25) is 0 Å². The average molecular weight is 400 g/mol. The molecule has 2 rings (SSSR count). The normalized spacial score (nSPS) is 11.6. The Hall–Kier alpha value is -3.22. The van der Waals surface area contributed by atoms with Crippen LogP contribution >= 0.6 is 0 Å². The minimum absolute atomic E-state index is 0.162. The molecule has 0 unspecified atom stereocenters. The number of likely N-dealkylation sites (N-methyl/N-ethyl adjacent to an activating group) is 1. The summed E-state index contributed by atoms with van der Waals surface area (Å²) in [6.07, 6.45) is 0.